The summed E-state index contributed by atoms with van der Waals surface area (Å²) >= 11 is 1.33. The number of carbonyl (C=O) groups excluding carboxylic acids is 1. The van der Waals surface area contributed by atoms with E-state index in [-0.39, 0.29) is 34.8 Å². The minimum absolute atomic E-state index is 0. The molecule has 4 heteroatoms. The molecule has 0 saturated heterocycles. The summed E-state index contributed by atoms with van der Waals surface area (Å²) in [5, 5.41) is 11.7. The number of carboxylic acids is 1. The summed E-state index contributed by atoms with van der Waals surface area (Å²) in [5.74, 6) is -0.940. The number of thioether (sulfide) groups is 1. The Kier molecular flexibility index (Phi) is 5.54. The van der Waals surface area contributed by atoms with E-state index in [9.17, 15) is 9.90 Å². The van der Waals surface area contributed by atoms with Gasteiger partial charge >= 0.3 is 29.6 Å². The topological polar surface area (TPSA) is 40.1 Å². The van der Waals surface area contributed by atoms with Crippen LogP contribution >= 0.6 is 11.8 Å². The zero-order chi connectivity index (χ0) is 6.69. The van der Waals surface area contributed by atoms with E-state index in [1.54, 1.807) is 0 Å². The molecule has 1 aliphatic rings. The summed E-state index contributed by atoms with van der Waals surface area (Å²) in [6, 6.07) is 0. The van der Waals surface area contributed by atoms with Crippen molar-refractivity contribution < 1.29 is 39.5 Å². The van der Waals surface area contributed by atoms with Gasteiger partial charge in [0.25, 0.3) is 0 Å². The largest absolute Gasteiger partial charge is 1.00 e. The zero-order valence-electron chi connectivity index (χ0n) is 5.87. The molecule has 1 atom stereocenters. The minimum atomic E-state index is -0.940. The van der Waals surface area contributed by atoms with Gasteiger partial charge in [-0.25, -0.2) is 0 Å². The van der Waals surface area contributed by atoms with Gasteiger partial charge in [-0.1, -0.05) is 6.08 Å². The summed E-state index contributed by atoms with van der Waals surface area (Å²) in [5.41, 5.74) is 0. The van der Waals surface area contributed by atoms with Crippen LogP contribution in [0.1, 0.15) is 12.8 Å². The molecule has 1 aliphatic heterocycles. The van der Waals surface area contributed by atoms with Crippen LogP contribution in [-0.4, -0.2) is 11.2 Å². The molecule has 10 heavy (non-hydrogen) atoms. The second kappa shape index (κ2) is 5.24. The van der Waals surface area contributed by atoms with Crippen molar-refractivity contribution in [1.82, 2.24) is 0 Å². The maximum atomic E-state index is 10.2. The molecular formula is C6H7NaO2S. The summed E-state index contributed by atoms with van der Waals surface area (Å²) in [4.78, 5) is 10.2. The Balaban J connectivity index is 0.000000810. The summed E-state index contributed by atoms with van der Waals surface area (Å²) in [7, 11) is 0. The first-order valence-electron chi connectivity index (χ1n) is 2.82. The molecule has 0 N–H and O–H groups in total. The van der Waals surface area contributed by atoms with Crippen molar-refractivity contribution in [2.24, 2.45) is 0 Å². The molecule has 2 nitrogen and oxygen atoms in total. The molecule has 0 aliphatic carbocycles. The van der Waals surface area contributed by atoms with E-state index in [0.29, 0.717) is 6.42 Å². The molecular weight excluding hydrogens is 159 g/mol. The van der Waals surface area contributed by atoms with Crippen LogP contribution in [0.5, 0.6) is 0 Å². The van der Waals surface area contributed by atoms with Crippen LogP contribution in [0.4, 0.5) is 0 Å². The van der Waals surface area contributed by atoms with Crippen molar-refractivity contribution in [3.8, 4) is 0 Å². The van der Waals surface area contributed by atoms with E-state index in [2.05, 4.69) is 0 Å². The first-order valence-corrected chi connectivity index (χ1v) is 3.76. The smallest absolute Gasteiger partial charge is 0.549 e. The molecule has 1 heterocycles. The quantitative estimate of drug-likeness (QED) is 0.394. The Labute approximate surface area is 86.4 Å². The minimum Gasteiger partial charge on any atom is -0.549 e. The third kappa shape index (κ3) is 3.10. The van der Waals surface area contributed by atoms with E-state index < -0.39 is 5.97 Å². The van der Waals surface area contributed by atoms with Gasteiger partial charge in [-0.15, -0.1) is 11.8 Å². The predicted molar refractivity (Wildman–Crippen MR) is 34.8 cm³/mol. The maximum Gasteiger partial charge on any atom is 1.00 e. The van der Waals surface area contributed by atoms with Gasteiger partial charge in [0, 0.05) is 5.25 Å². The van der Waals surface area contributed by atoms with Gasteiger partial charge in [-0.05, 0) is 18.2 Å². The molecule has 1 rings (SSSR count). The number of rotatable bonds is 1. The van der Waals surface area contributed by atoms with Crippen LogP contribution in [-0.2, 0) is 4.79 Å². The molecule has 0 amide bonds. The molecule has 1 unspecified atom stereocenters. The van der Waals surface area contributed by atoms with Crippen molar-refractivity contribution >= 4 is 17.7 Å². The molecule has 0 aromatic rings. The summed E-state index contributed by atoms with van der Waals surface area (Å²) in [6.07, 6.45) is 3.55. The summed E-state index contributed by atoms with van der Waals surface area (Å²) < 4.78 is 0. The Morgan fingerprint density at radius 2 is 2.40 bits per heavy atom. The Hall–Kier alpha value is 0.560. The Bertz CT molecular complexity index is 147. The molecule has 0 bridgehead atoms. The van der Waals surface area contributed by atoms with Gasteiger partial charge in [0.15, 0.2) is 0 Å². The van der Waals surface area contributed by atoms with Crippen LogP contribution in [0.25, 0.3) is 0 Å². The molecule has 0 aromatic heterocycles. The van der Waals surface area contributed by atoms with Crippen LogP contribution in [0.2, 0.25) is 0 Å². The van der Waals surface area contributed by atoms with Crippen molar-refractivity contribution in [2.45, 2.75) is 18.1 Å². The number of hydrogen-bond donors (Lipinski definition) is 0. The van der Waals surface area contributed by atoms with Gasteiger partial charge in [0.2, 0.25) is 0 Å². The Morgan fingerprint density at radius 3 is 2.70 bits per heavy atom. The molecule has 0 saturated carbocycles. The van der Waals surface area contributed by atoms with Crippen molar-refractivity contribution in [3.63, 3.8) is 0 Å². The zero-order valence-corrected chi connectivity index (χ0v) is 8.69. The van der Waals surface area contributed by atoms with Gasteiger partial charge in [0.1, 0.15) is 0 Å². The van der Waals surface area contributed by atoms with Crippen LogP contribution < -0.4 is 34.7 Å². The van der Waals surface area contributed by atoms with Crippen LogP contribution in [0.3, 0.4) is 0 Å². The molecule has 0 radical (unpaired) electrons. The fourth-order valence-electron chi connectivity index (χ4n) is 0.707. The van der Waals surface area contributed by atoms with E-state index in [0.717, 1.165) is 6.42 Å². The van der Waals surface area contributed by atoms with Crippen LogP contribution in [0, 0.1) is 0 Å². The third-order valence-electron chi connectivity index (χ3n) is 1.20. The standard InChI is InChI=1S/C6H8O2S.Na/c7-6(8)5-3-1-2-4-9-5;/h2,4-5H,1,3H2,(H,7,8);/q;+1/p-1. The number of carboxylic acid groups (broad SMARTS) is 1. The number of carbonyl (C=O) groups is 1. The Morgan fingerprint density at radius 1 is 1.70 bits per heavy atom. The van der Waals surface area contributed by atoms with Crippen molar-refractivity contribution in [1.29, 1.82) is 0 Å². The van der Waals surface area contributed by atoms with Crippen molar-refractivity contribution in [3.05, 3.63) is 11.5 Å². The SMILES string of the molecule is O=C([O-])C1CCC=CS1.[Na+]. The summed E-state index contributed by atoms with van der Waals surface area (Å²) in [6.45, 7) is 0. The average molecular weight is 166 g/mol. The first kappa shape index (κ1) is 10.6. The predicted octanol–water partition coefficient (Wildman–Crippen LogP) is -2.85. The fourth-order valence-corrected chi connectivity index (χ4v) is 1.53. The number of allylic oxidation sites excluding steroid dienone is 1. The van der Waals surface area contributed by atoms with Gasteiger partial charge in [0.05, 0.1) is 5.97 Å². The van der Waals surface area contributed by atoms with Gasteiger partial charge in [-0.3, -0.25) is 0 Å². The number of aliphatic carboxylic acids is 1. The van der Waals surface area contributed by atoms with E-state index in [1.807, 2.05) is 11.5 Å². The van der Waals surface area contributed by atoms with E-state index in [1.165, 1.54) is 11.8 Å². The van der Waals surface area contributed by atoms with E-state index >= 15 is 0 Å². The van der Waals surface area contributed by atoms with Crippen molar-refractivity contribution in [2.75, 3.05) is 0 Å². The van der Waals surface area contributed by atoms with Crippen LogP contribution in [0.15, 0.2) is 11.5 Å². The normalized spacial score (nSPS) is 23.4. The monoisotopic (exact) mass is 166 g/mol. The molecule has 50 valence electrons. The fraction of sp³-hybridized carbons (Fsp3) is 0.500. The second-order valence-corrected chi connectivity index (χ2v) is 3.01. The molecule has 0 fully saturated rings. The van der Waals surface area contributed by atoms with Gasteiger partial charge in [-0.2, -0.15) is 0 Å². The van der Waals surface area contributed by atoms with E-state index in [4.69, 9.17) is 0 Å². The van der Waals surface area contributed by atoms with Gasteiger partial charge < -0.3 is 9.90 Å². The first-order chi connectivity index (χ1) is 4.30. The molecule has 0 spiro atoms. The third-order valence-corrected chi connectivity index (χ3v) is 2.30. The molecule has 0 aromatic carbocycles. The maximum absolute atomic E-state index is 10.2. The number of hydrogen-bond acceptors (Lipinski definition) is 3. The second-order valence-electron chi connectivity index (χ2n) is 1.89. The average Bonchev–Trinajstić information content (AvgIpc) is 1.90.